The van der Waals surface area contributed by atoms with Crippen LogP contribution in [-0.4, -0.2) is 29.6 Å². The third kappa shape index (κ3) is 5.51. The Bertz CT molecular complexity index is 1370. The monoisotopic (exact) mass is 492 g/mol. The largest absolute Gasteiger partial charge is 0.478 e. The van der Waals surface area contributed by atoms with Crippen molar-refractivity contribution in [3.8, 4) is 11.1 Å². The summed E-state index contributed by atoms with van der Waals surface area (Å²) in [5, 5.41) is 12.8. The maximum atomic E-state index is 13.0. The van der Waals surface area contributed by atoms with E-state index in [4.69, 9.17) is 0 Å². The highest BCUT2D eigenvalue weighted by molar-refractivity contribution is 5.96. The van der Waals surface area contributed by atoms with Crippen LogP contribution < -0.4 is 10.2 Å². The van der Waals surface area contributed by atoms with Crippen LogP contribution in [0.15, 0.2) is 91.0 Å². The Morgan fingerprint density at radius 1 is 1.05 bits per heavy atom. The quantitative estimate of drug-likeness (QED) is 0.409. The third-order valence-electron chi connectivity index (χ3n) is 7.34. The van der Waals surface area contributed by atoms with E-state index in [1.165, 1.54) is 5.56 Å². The van der Waals surface area contributed by atoms with Crippen LogP contribution in [0.25, 0.3) is 11.1 Å². The van der Waals surface area contributed by atoms with Gasteiger partial charge in [-0.3, -0.25) is 4.79 Å². The van der Waals surface area contributed by atoms with Gasteiger partial charge in [-0.15, -0.1) is 0 Å². The topological polar surface area (TPSA) is 69.6 Å². The fourth-order valence-electron chi connectivity index (χ4n) is 5.33. The second-order valence-electron chi connectivity index (χ2n) is 9.89. The summed E-state index contributed by atoms with van der Waals surface area (Å²) in [6.07, 6.45) is 11.3. The zero-order chi connectivity index (χ0) is 25.8. The lowest BCUT2D eigenvalue weighted by atomic mass is 9.93. The van der Waals surface area contributed by atoms with Crippen molar-refractivity contribution in [2.75, 3.05) is 11.4 Å². The van der Waals surface area contributed by atoms with Crippen LogP contribution in [0, 0.1) is 5.92 Å². The van der Waals surface area contributed by atoms with Crippen molar-refractivity contribution in [3.05, 3.63) is 113 Å². The molecule has 5 rings (SSSR count). The van der Waals surface area contributed by atoms with Gasteiger partial charge < -0.3 is 15.3 Å². The van der Waals surface area contributed by atoms with E-state index < -0.39 is 5.97 Å². The maximum Gasteiger partial charge on any atom is 0.336 e. The summed E-state index contributed by atoms with van der Waals surface area (Å²) >= 11 is 0. The van der Waals surface area contributed by atoms with Gasteiger partial charge in [-0.05, 0) is 78.8 Å². The molecule has 0 spiro atoms. The normalized spacial score (nSPS) is 17.2. The predicted molar refractivity (Wildman–Crippen MR) is 148 cm³/mol. The average Bonchev–Trinajstić information content (AvgIpc) is 2.93. The Hall–Kier alpha value is -4.12. The maximum absolute atomic E-state index is 13.0. The number of nitrogens with zero attached hydrogens (tertiary/aromatic N) is 1. The number of aromatic carboxylic acids is 1. The highest BCUT2D eigenvalue weighted by Gasteiger charge is 2.22. The molecule has 0 radical (unpaired) electrons. The second kappa shape index (κ2) is 10.9. The number of aryl methyl sites for hydroxylation is 1. The first-order valence-electron chi connectivity index (χ1n) is 12.9. The molecule has 188 valence electrons. The van der Waals surface area contributed by atoms with Crippen molar-refractivity contribution >= 4 is 17.6 Å². The summed E-state index contributed by atoms with van der Waals surface area (Å²) in [4.78, 5) is 27.1. The molecule has 0 aromatic heterocycles. The average molecular weight is 493 g/mol. The standard InChI is InChI=1S/C32H32N2O3/c1-22(24-10-3-2-4-11-24)33-31(35)27-16-17-30-26(20-27)13-8-18-34(30)21-23-9-7-12-25(19-23)28-14-5-6-15-29(28)32(36)37/h2-7,9-10,12,14-17,19-20,22,24H,8,11,13,18,21H2,1H3,(H,33,35)(H,36,37)/t22-,24?/m0/s1. The van der Waals surface area contributed by atoms with E-state index in [-0.39, 0.29) is 11.9 Å². The first-order chi connectivity index (χ1) is 18.0. The van der Waals surface area contributed by atoms with Crippen LogP contribution in [0.1, 0.15) is 51.6 Å². The Balaban J connectivity index is 1.32. The number of carbonyl (C=O) groups is 2. The fraction of sp³-hybridized carbons (Fsp3) is 0.250. The molecular formula is C32H32N2O3. The van der Waals surface area contributed by atoms with E-state index in [9.17, 15) is 14.7 Å². The first kappa shape index (κ1) is 24.6. The summed E-state index contributed by atoms with van der Waals surface area (Å²) in [5.41, 5.74) is 6.11. The zero-order valence-corrected chi connectivity index (χ0v) is 21.1. The number of carboxylic acids is 1. The molecule has 5 heteroatoms. The minimum atomic E-state index is -0.924. The molecule has 5 nitrogen and oxygen atoms in total. The zero-order valence-electron chi connectivity index (χ0n) is 21.1. The van der Waals surface area contributed by atoms with E-state index in [0.717, 1.165) is 54.7 Å². The van der Waals surface area contributed by atoms with Gasteiger partial charge in [-0.25, -0.2) is 4.79 Å². The van der Waals surface area contributed by atoms with E-state index in [1.54, 1.807) is 12.1 Å². The van der Waals surface area contributed by atoms with Crippen LogP contribution >= 0.6 is 0 Å². The third-order valence-corrected chi connectivity index (χ3v) is 7.34. The minimum absolute atomic E-state index is 0.0276. The Labute approximate surface area is 218 Å². The number of carbonyl (C=O) groups excluding carboxylic acids is 1. The summed E-state index contributed by atoms with van der Waals surface area (Å²) in [7, 11) is 0. The molecule has 3 aromatic rings. The van der Waals surface area contributed by atoms with Crippen molar-refractivity contribution < 1.29 is 14.7 Å². The van der Waals surface area contributed by atoms with Crippen LogP contribution in [-0.2, 0) is 13.0 Å². The summed E-state index contributed by atoms with van der Waals surface area (Å²) in [6, 6.07) is 21.3. The van der Waals surface area contributed by atoms with E-state index in [0.29, 0.717) is 17.0 Å². The first-order valence-corrected chi connectivity index (χ1v) is 12.9. The van der Waals surface area contributed by atoms with Gasteiger partial charge in [0.15, 0.2) is 0 Å². The van der Waals surface area contributed by atoms with Crippen LogP contribution in [0.2, 0.25) is 0 Å². The lowest BCUT2D eigenvalue weighted by molar-refractivity contribution is 0.0697. The molecule has 2 N–H and O–H groups in total. The van der Waals surface area contributed by atoms with Crippen LogP contribution in [0.4, 0.5) is 5.69 Å². The summed E-state index contributed by atoms with van der Waals surface area (Å²) in [5.74, 6) is -0.632. The SMILES string of the molecule is C[C@H](NC(=O)c1ccc2c(c1)CCCN2Cc1cccc(-c2ccccc2C(=O)O)c1)C1C=CC=CC1. The Morgan fingerprint density at radius 2 is 1.92 bits per heavy atom. The number of hydrogen-bond donors (Lipinski definition) is 2. The molecule has 0 bridgehead atoms. The van der Waals surface area contributed by atoms with Gasteiger partial charge >= 0.3 is 5.97 Å². The van der Waals surface area contributed by atoms with Gasteiger partial charge in [0.1, 0.15) is 0 Å². The highest BCUT2D eigenvalue weighted by Crippen LogP contribution is 2.31. The van der Waals surface area contributed by atoms with E-state index in [1.807, 2.05) is 48.6 Å². The number of allylic oxidation sites excluding steroid dienone is 3. The van der Waals surface area contributed by atoms with Gasteiger partial charge in [0.2, 0.25) is 0 Å². The van der Waals surface area contributed by atoms with E-state index >= 15 is 0 Å². The molecule has 1 aliphatic carbocycles. The molecule has 1 unspecified atom stereocenters. The van der Waals surface area contributed by atoms with Crippen molar-refractivity contribution in [2.45, 2.75) is 38.8 Å². The van der Waals surface area contributed by atoms with Crippen molar-refractivity contribution in [1.29, 1.82) is 0 Å². The van der Waals surface area contributed by atoms with Gasteiger partial charge in [0, 0.05) is 36.3 Å². The molecule has 3 aromatic carbocycles. The number of benzene rings is 3. The highest BCUT2D eigenvalue weighted by atomic mass is 16.4. The Kier molecular flexibility index (Phi) is 7.22. The number of fused-ring (bicyclic) bond motifs is 1. The number of rotatable bonds is 7. The van der Waals surface area contributed by atoms with Crippen LogP contribution in [0.5, 0.6) is 0 Å². The summed E-state index contributed by atoms with van der Waals surface area (Å²) in [6.45, 7) is 3.72. The van der Waals surface area contributed by atoms with Gasteiger partial charge in [-0.1, -0.05) is 60.7 Å². The number of carboxylic acid groups (broad SMARTS) is 1. The molecule has 0 saturated heterocycles. The molecule has 37 heavy (non-hydrogen) atoms. The van der Waals surface area contributed by atoms with Gasteiger partial charge in [-0.2, -0.15) is 0 Å². The molecule has 1 heterocycles. The van der Waals surface area contributed by atoms with Gasteiger partial charge in [0.25, 0.3) is 5.91 Å². The molecule has 1 aliphatic heterocycles. The minimum Gasteiger partial charge on any atom is -0.478 e. The van der Waals surface area contributed by atoms with E-state index in [2.05, 4.69) is 47.5 Å². The molecule has 0 saturated carbocycles. The molecule has 2 atom stereocenters. The lowest BCUT2D eigenvalue weighted by Crippen LogP contribution is -2.37. The molecular weight excluding hydrogens is 460 g/mol. The van der Waals surface area contributed by atoms with Crippen molar-refractivity contribution in [3.63, 3.8) is 0 Å². The number of anilines is 1. The number of hydrogen-bond acceptors (Lipinski definition) is 3. The Morgan fingerprint density at radius 3 is 2.73 bits per heavy atom. The second-order valence-corrected chi connectivity index (χ2v) is 9.89. The number of amides is 1. The lowest BCUT2D eigenvalue weighted by Gasteiger charge is -2.32. The molecule has 1 amide bonds. The van der Waals surface area contributed by atoms with Crippen molar-refractivity contribution in [2.24, 2.45) is 5.92 Å². The molecule has 0 fully saturated rings. The summed E-state index contributed by atoms with van der Waals surface area (Å²) < 4.78 is 0. The van der Waals surface area contributed by atoms with Gasteiger partial charge in [0.05, 0.1) is 5.56 Å². The number of nitrogens with one attached hydrogen (secondary N) is 1. The fourth-order valence-corrected chi connectivity index (χ4v) is 5.33. The van der Waals surface area contributed by atoms with Crippen LogP contribution in [0.3, 0.4) is 0 Å². The molecule has 2 aliphatic rings. The smallest absolute Gasteiger partial charge is 0.336 e. The van der Waals surface area contributed by atoms with Crippen molar-refractivity contribution in [1.82, 2.24) is 5.32 Å². The predicted octanol–water partition coefficient (Wildman–Crippen LogP) is 6.26.